The van der Waals surface area contributed by atoms with Crippen molar-refractivity contribution in [2.24, 2.45) is 5.41 Å². The van der Waals surface area contributed by atoms with Crippen molar-refractivity contribution in [1.82, 2.24) is 15.0 Å². The number of hydrogen-bond acceptors (Lipinski definition) is 5. The molecule has 3 aromatic rings. The summed E-state index contributed by atoms with van der Waals surface area (Å²) in [5, 5.41) is 0. The largest absolute Gasteiger partial charge is 0.494 e. The van der Waals surface area contributed by atoms with E-state index in [2.05, 4.69) is 27.0 Å². The summed E-state index contributed by atoms with van der Waals surface area (Å²) in [6.45, 7) is 8.63. The second kappa shape index (κ2) is 7.85. The molecule has 1 saturated heterocycles. The molecule has 0 spiro atoms. The molecule has 1 aliphatic rings. The molecular formula is C23H28N4O2. The molecule has 0 bridgehead atoms. The van der Waals surface area contributed by atoms with Gasteiger partial charge in [-0.15, -0.1) is 0 Å². The normalized spacial score (nSPS) is 14.5. The molecule has 0 saturated carbocycles. The first-order chi connectivity index (χ1) is 14.0. The fourth-order valence-corrected chi connectivity index (χ4v) is 3.89. The standard InChI is InChI=1S/C23H28N4O2/c1-4-29-19-10-16(9-18(11-19)27-7-5-6-8-27)20-14-25-22-21(26-20)17(13-24-22)12-23(2,3)15-28/h9-11,13-15H,4-8,12H2,1-3H3,(H,24,25). The Morgan fingerprint density at radius 2 is 2.03 bits per heavy atom. The predicted octanol–water partition coefficient (Wildman–Crippen LogP) is 4.39. The third kappa shape index (κ3) is 4.11. The topological polar surface area (TPSA) is 71.1 Å². The van der Waals surface area contributed by atoms with Crippen LogP contribution in [0.15, 0.2) is 30.6 Å². The maximum atomic E-state index is 11.4. The zero-order chi connectivity index (χ0) is 20.4. The number of hydrogen-bond donors (Lipinski definition) is 1. The Morgan fingerprint density at radius 1 is 1.24 bits per heavy atom. The van der Waals surface area contributed by atoms with Crippen LogP contribution in [0.2, 0.25) is 0 Å². The van der Waals surface area contributed by atoms with Gasteiger partial charge in [0.25, 0.3) is 0 Å². The van der Waals surface area contributed by atoms with Crippen LogP contribution in [-0.2, 0) is 11.2 Å². The van der Waals surface area contributed by atoms with Crippen molar-refractivity contribution in [3.05, 3.63) is 36.2 Å². The van der Waals surface area contributed by atoms with Gasteiger partial charge in [0.05, 0.1) is 18.5 Å². The molecule has 0 atom stereocenters. The van der Waals surface area contributed by atoms with Crippen molar-refractivity contribution in [2.75, 3.05) is 24.6 Å². The van der Waals surface area contributed by atoms with E-state index in [-0.39, 0.29) is 0 Å². The highest BCUT2D eigenvalue weighted by Crippen LogP contribution is 2.32. The van der Waals surface area contributed by atoms with Crippen molar-refractivity contribution in [2.45, 2.75) is 40.0 Å². The quantitative estimate of drug-likeness (QED) is 0.604. The average Bonchev–Trinajstić information content (AvgIpc) is 3.38. The Kier molecular flexibility index (Phi) is 5.26. The van der Waals surface area contributed by atoms with Gasteiger partial charge in [-0.05, 0) is 43.9 Å². The molecule has 1 N–H and O–H groups in total. The highest BCUT2D eigenvalue weighted by molar-refractivity contribution is 5.79. The molecule has 0 unspecified atom stereocenters. The number of anilines is 1. The van der Waals surface area contributed by atoms with Crippen LogP contribution in [0.1, 0.15) is 39.2 Å². The molecule has 152 valence electrons. The van der Waals surface area contributed by atoms with Gasteiger partial charge < -0.3 is 19.4 Å². The van der Waals surface area contributed by atoms with E-state index < -0.39 is 5.41 Å². The van der Waals surface area contributed by atoms with Crippen LogP contribution in [0.25, 0.3) is 22.4 Å². The number of aromatic nitrogens is 3. The molecule has 0 aliphatic carbocycles. The average molecular weight is 393 g/mol. The summed E-state index contributed by atoms with van der Waals surface area (Å²) in [7, 11) is 0. The first-order valence-corrected chi connectivity index (χ1v) is 10.3. The van der Waals surface area contributed by atoms with Crippen LogP contribution in [0, 0.1) is 5.41 Å². The Bertz CT molecular complexity index is 1020. The number of fused-ring (bicyclic) bond motifs is 1. The molecule has 2 aromatic heterocycles. The third-order valence-corrected chi connectivity index (χ3v) is 5.39. The molecule has 1 aliphatic heterocycles. The van der Waals surface area contributed by atoms with Crippen LogP contribution in [0.5, 0.6) is 5.75 Å². The molecule has 1 aromatic carbocycles. The number of carbonyl (C=O) groups is 1. The third-order valence-electron chi connectivity index (χ3n) is 5.39. The SMILES string of the molecule is CCOc1cc(-c2cnc3[nH]cc(CC(C)(C)C=O)c3n2)cc(N2CCCC2)c1. The van der Waals surface area contributed by atoms with E-state index >= 15 is 0 Å². The molecule has 0 radical (unpaired) electrons. The summed E-state index contributed by atoms with van der Waals surface area (Å²) in [4.78, 5) is 26.4. The summed E-state index contributed by atoms with van der Waals surface area (Å²) in [5.74, 6) is 0.852. The maximum Gasteiger partial charge on any atom is 0.156 e. The minimum Gasteiger partial charge on any atom is -0.494 e. The summed E-state index contributed by atoms with van der Waals surface area (Å²) in [6, 6.07) is 6.31. The van der Waals surface area contributed by atoms with Crippen molar-refractivity contribution < 1.29 is 9.53 Å². The Labute approximate surface area is 171 Å². The summed E-state index contributed by atoms with van der Waals surface area (Å²) in [5.41, 5.74) is 5.10. The van der Waals surface area contributed by atoms with Gasteiger partial charge in [-0.3, -0.25) is 0 Å². The molecule has 3 heterocycles. The second-order valence-corrected chi connectivity index (χ2v) is 8.39. The van der Waals surface area contributed by atoms with Crippen molar-refractivity contribution >= 4 is 23.1 Å². The fraction of sp³-hybridized carbons (Fsp3) is 0.435. The van der Waals surface area contributed by atoms with E-state index in [4.69, 9.17) is 9.72 Å². The van der Waals surface area contributed by atoms with Gasteiger partial charge in [-0.1, -0.05) is 13.8 Å². The predicted molar refractivity (Wildman–Crippen MR) is 115 cm³/mol. The lowest BCUT2D eigenvalue weighted by Crippen LogP contribution is -2.17. The highest BCUT2D eigenvalue weighted by Gasteiger charge is 2.21. The number of benzene rings is 1. The lowest BCUT2D eigenvalue weighted by Gasteiger charge is -2.20. The maximum absolute atomic E-state index is 11.4. The van der Waals surface area contributed by atoms with Crippen molar-refractivity contribution in [1.29, 1.82) is 0 Å². The zero-order valence-corrected chi connectivity index (χ0v) is 17.4. The molecule has 6 nitrogen and oxygen atoms in total. The number of nitrogens with one attached hydrogen (secondary N) is 1. The van der Waals surface area contributed by atoms with E-state index in [1.165, 1.54) is 18.5 Å². The van der Waals surface area contributed by atoms with Crippen molar-refractivity contribution in [3.63, 3.8) is 0 Å². The monoisotopic (exact) mass is 392 g/mol. The minimum atomic E-state index is -0.440. The summed E-state index contributed by atoms with van der Waals surface area (Å²) < 4.78 is 5.82. The Morgan fingerprint density at radius 3 is 2.76 bits per heavy atom. The van der Waals surface area contributed by atoms with E-state index in [9.17, 15) is 4.79 Å². The minimum absolute atomic E-state index is 0.440. The van der Waals surface area contributed by atoms with Crippen LogP contribution in [-0.4, -0.2) is 40.9 Å². The molecule has 0 amide bonds. The van der Waals surface area contributed by atoms with Crippen molar-refractivity contribution in [3.8, 4) is 17.0 Å². The highest BCUT2D eigenvalue weighted by atomic mass is 16.5. The molecule has 6 heteroatoms. The first kappa shape index (κ1) is 19.4. The lowest BCUT2D eigenvalue weighted by atomic mass is 9.88. The van der Waals surface area contributed by atoms with Crippen LogP contribution in [0.4, 0.5) is 5.69 Å². The van der Waals surface area contributed by atoms with E-state index in [0.717, 1.165) is 53.1 Å². The lowest BCUT2D eigenvalue weighted by molar-refractivity contribution is -0.114. The van der Waals surface area contributed by atoms with Crippen LogP contribution in [0.3, 0.4) is 0 Å². The number of ether oxygens (including phenoxy) is 1. The number of aldehydes is 1. The number of carbonyl (C=O) groups excluding carboxylic acids is 1. The summed E-state index contributed by atoms with van der Waals surface area (Å²) in [6.07, 6.45) is 7.76. The first-order valence-electron chi connectivity index (χ1n) is 10.3. The number of nitrogens with zero attached hydrogens (tertiary/aromatic N) is 3. The van der Waals surface area contributed by atoms with E-state index in [1.807, 2.05) is 33.0 Å². The molecular weight excluding hydrogens is 364 g/mol. The van der Waals surface area contributed by atoms with Gasteiger partial charge in [0.1, 0.15) is 17.6 Å². The Balaban J connectivity index is 1.76. The van der Waals surface area contributed by atoms with E-state index in [1.54, 1.807) is 6.20 Å². The van der Waals surface area contributed by atoms with Crippen LogP contribution < -0.4 is 9.64 Å². The summed E-state index contributed by atoms with van der Waals surface area (Å²) >= 11 is 0. The molecule has 1 fully saturated rings. The van der Waals surface area contributed by atoms with Gasteiger partial charge in [0.15, 0.2) is 5.65 Å². The molecule has 4 rings (SSSR count). The van der Waals surface area contributed by atoms with E-state index in [0.29, 0.717) is 13.0 Å². The van der Waals surface area contributed by atoms with Gasteiger partial charge >= 0.3 is 0 Å². The van der Waals surface area contributed by atoms with Gasteiger partial charge in [0.2, 0.25) is 0 Å². The second-order valence-electron chi connectivity index (χ2n) is 8.39. The van der Waals surface area contributed by atoms with Crippen LogP contribution >= 0.6 is 0 Å². The van der Waals surface area contributed by atoms with Gasteiger partial charge in [0, 0.05) is 42.0 Å². The smallest absolute Gasteiger partial charge is 0.156 e. The number of aromatic amines is 1. The Hall–Kier alpha value is -2.89. The number of H-pyrrole nitrogens is 1. The van der Waals surface area contributed by atoms with Gasteiger partial charge in [-0.2, -0.15) is 0 Å². The zero-order valence-electron chi connectivity index (χ0n) is 17.4. The number of rotatable bonds is 7. The molecule has 29 heavy (non-hydrogen) atoms. The van der Waals surface area contributed by atoms with Gasteiger partial charge in [-0.25, -0.2) is 9.97 Å². The fourth-order valence-electron chi connectivity index (χ4n) is 3.89.